The van der Waals surface area contributed by atoms with E-state index in [0.29, 0.717) is 12.0 Å². The maximum atomic E-state index is 13.2. The van der Waals surface area contributed by atoms with Gasteiger partial charge in [0.2, 0.25) is 10.0 Å². The number of hydrogen-bond acceptors (Lipinski definition) is 8. The molecule has 0 saturated carbocycles. The number of hydrogen-bond donors (Lipinski definition) is 0. The summed E-state index contributed by atoms with van der Waals surface area (Å²) in [4.78, 5) is 25.0. The second-order valence-electron chi connectivity index (χ2n) is 5.20. The molecule has 134 valence electrons. The smallest absolute Gasteiger partial charge is 0.349 e. The van der Waals surface area contributed by atoms with E-state index in [9.17, 15) is 18.0 Å². The molecule has 0 aromatic carbocycles. The van der Waals surface area contributed by atoms with Gasteiger partial charge < -0.3 is 9.47 Å². The van der Waals surface area contributed by atoms with E-state index >= 15 is 0 Å². The minimum atomic E-state index is -4.08. The topological polar surface area (TPSA) is 90.0 Å². The zero-order valence-electron chi connectivity index (χ0n) is 13.4. The molecule has 3 rings (SSSR count). The van der Waals surface area contributed by atoms with Crippen LogP contribution >= 0.6 is 22.7 Å². The van der Waals surface area contributed by atoms with Crippen molar-refractivity contribution in [3.63, 3.8) is 0 Å². The lowest BCUT2D eigenvalue weighted by molar-refractivity contribution is -0.145. The van der Waals surface area contributed by atoms with Gasteiger partial charge >= 0.3 is 11.9 Å². The molecule has 1 atom stereocenters. The summed E-state index contributed by atoms with van der Waals surface area (Å²) < 4.78 is 36.9. The fourth-order valence-corrected chi connectivity index (χ4v) is 6.55. The molecule has 25 heavy (non-hydrogen) atoms. The van der Waals surface area contributed by atoms with Gasteiger partial charge in [0.05, 0.1) is 14.2 Å². The first-order valence-electron chi connectivity index (χ1n) is 7.23. The Morgan fingerprint density at radius 2 is 1.88 bits per heavy atom. The Morgan fingerprint density at radius 3 is 2.56 bits per heavy atom. The van der Waals surface area contributed by atoms with E-state index in [1.807, 2.05) is 5.38 Å². The molecule has 0 radical (unpaired) electrons. The molecule has 0 saturated heterocycles. The van der Waals surface area contributed by atoms with Crippen LogP contribution in [0.3, 0.4) is 0 Å². The van der Waals surface area contributed by atoms with Crippen LogP contribution in [0.25, 0.3) is 0 Å². The third-order valence-electron chi connectivity index (χ3n) is 3.93. The molecule has 2 aromatic rings. The molecule has 0 aliphatic carbocycles. The molecule has 0 N–H and O–H groups in total. The highest BCUT2D eigenvalue weighted by molar-refractivity contribution is 7.89. The predicted molar refractivity (Wildman–Crippen MR) is 92.3 cm³/mol. The number of rotatable bonds is 4. The second kappa shape index (κ2) is 6.87. The summed E-state index contributed by atoms with van der Waals surface area (Å²) in [5.74, 6) is -1.38. The summed E-state index contributed by atoms with van der Waals surface area (Å²) in [6.07, 6.45) is 0.497. The maximum absolute atomic E-state index is 13.2. The molecular formula is C15H15NO6S3. The van der Waals surface area contributed by atoms with Crippen molar-refractivity contribution in [3.8, 4) is 0 Å². The zero-order chi connectivity index (χ0) is 18.2. The van der Waals surface area contributed by atoms with Crippen molar-refractivity contribution in [2.24, 2.45) is 0 Å². The first-order valence-corrected chi connectivity index (χ1v) is 10.4. The molecule has 7 nitrogen and oxygen atoms in total. The summed E-state index contributed by atoms with van der Waals surface area (Å²) in [6.45, 7) is 0.131. The number of ether oxygens (including phenoxy) is 2. The van der Waals surface area contributed by atoms with Gasteiger partial charge in [-0.1, -0.05) is 0 Å². The first-order chi connectivity index (χ1) is 11.9. The van der Waals surface area contributed by atoms with Crippen LogP contribution in [-0.4, -0.2) is 45.4 Å². The van der Waals surface area contributed by atoms with E-state index in [0.717, 1.165) is 20.5 Å². The van der Waals surface area contributed by atoms with Crippen molar-refractivity contribution in [1.29, 1.82) is 0 Å². The van der Waals surface area contributed by atoms with Crippen molar-refractivity contribution >= 4 is 44.6 Å². The van der Waals surface area contributed by atoms with Crippen LogP contribution in [0.15, 0.2) is 27.8 Å². The van der Waals surface area contributed by atoms with Crippen LogP contribution in [0.5, 0.6) is 0 Å². The summed E-state index contributed by atoms with van der Waals surface area (Å²) in [5.41, 5.74) is 0.626. The number of thiophene rings is 2. The van der Waals surface area contributed by atoms with E-state index in [1.165, 1.54) is 37.0 Å². The standard InChI is InChI=1S/C15H15NO6S3/c1-21-14(17)12-9-4-7-23-10(9)3-6-16(12)25(19,20)11-5-8-24-13(11)15(18)22-2/h4-5,7-8,12H,3,6H2,1-2H3. The van der Waals surface area contributed by atoms with E-state index in [-0.39, 0.29) is 16.3 Å². The summed E-state index contributed by atoms with van der Waals surface area (Å²) in [7, 11) is -1.67. The van der Waals surface area contributed by atoms with Crippen LogP contribution in [0.4, 0.5) is 0 Å². The average Bonchev–Trinajstić information content (AvgIpc) is 3.28. The van der Waals surface area contributed by atoms with Gasteiger partial charge in [-0.2, -0.15) is 4.31 Å². The molecule has 1 unspecified atom stereocenters. The Labute approximate surface area is 152 Å². The fourth-order valence-electron chi connectivity index (χ4n) is 2.78. The van der Waals surface area contributed by atoms with Crippen LogP contribution < -0.4 is 0 Å². The normalized spacial score (nSPS) is 17.8. The molecule has 0 spiro atoms. The zero-order valence-corrected chi connectivity index (χ0v) is 15.9. The Hall–Kier alpha value is -1.75. The fraction of sp³-hybridized carbons (Fsp3) is 0.333. The highest BCUT2D eigenvalue weighted by Gasteiger charge is 2.43. The lowest BCUT2D eigenvalue weighted by atomic mass is 10.0. The Bertz CT molecular complexity index is 913. The third-order valence-corrected chi connectivity index (χ3v) is 7.86. The number of esters is 2. The van der Waals surface area contributed by atoms with Gasteiger partial charge in [0, 0.05) is 11.4 Å². The Kier molecular flexibility index (Phi) is 4.96. The molecule has 10 heteroatoms. The predicted octanol–water partition coefficient (Wildman–Crippen LogP) is 2.06. The Balaban J connectivity index is 2.09. The summed E-state index contributed by atoms with van der Waals surface area (Å²) in [6, 6.07) is 2.03. The lowest BCUT2D eigenvalue weighted by Crippen LogP contribution is -2.43. The quantitative estimate of drug-likeness (QED) is 0.729. The minimum Gasteiger partial charge on any atom is -0.468 e. The number of nitrogens with zero attached hydrogens (tertiary/aromatic N) is 1. The van der Waals surface area contributed by atoms with Crippen molar-refractivity contribution in [1.82, 2.24) is 4.31 Å². The summed E-state index contributed by atoms with van der Waals surface area (Å²) in [5, 5.41) is 3.33. The van der Waals surface area contributed by atoms with Gasteiger partial charge in [-0.3, -0.25) is 0 Å². The monoisotopic (exact) mass is 401 g/mol. The van der Waals surface area contributed by atoms with Crippen molar-refractivity contribution in [2.45, 2.75) is 17.4 Å². The average molecular weight is 401 g/mol. The molecule has 0 fully saturated rings. The highest BCUT2D eigenvalue weighted by Crippen LogP contribution is 2.38. The number of carbonyl (C=O) groups excluding carboxylic acids is 2. The largest absolute Gasteiger partial charge is 0.468 e. The van der Waals surface area contributed by atoms with Gasteiger partial charge in [0.15, 0.2) is 0 Å². The van der Waals surface area contributed by atoms with Crippen molar-refractivity contribution in [2.75, 3.05) is 20.8 Å². The number of sulfonamides is 1. The maximum Gasteiger partial charge on any atom is 0.349 e. The number of carbonyl (C=O) groups is 2. The van der Waals surface area contributed by atoms with E-state index in [2.05, 4.69) is 4.74 Å². The number of fused-ring (bicyclic) bond motifs is 1. The van der Waals surface area contributed by atoms with Crippen LogP contribution in [0.2, 0.25) is 0 Å². The van der Waals surface area contributed by atoms with E-state index < -0.39 is 28.0 Å². The van der Waals surface area contributed by atoms with Crippen LogP contribution in [-0.2, 0) is 30.7 Å². The second-order valence-corrected chi connectivity index (χ2v) is 8.97. The molecule has 2 aromatic heterocycles. The van der Waals surface area contributed by atoms with Crippen LogP contribution in [0, 0.1) is 0 Å². The Morgan fingerprint density at radius 1 is 1.16 bits per heavy atom. The SMILES string of the molecule is COC(=O)c1sccc1S(=O)(=O)N1CCc2sccc2C1C(=O)OC. The highest BCUT2D eigenvalue weighted by atomic mass is 32.2. The molecule has 0 bridgehead atoms. The van der Waals surface area contributed by atoms with Gasteiger partial charge in [0.25, 0.3) is 0 Å². The first kappa shape index (κ1) is 18.1. The van der Waals surface area contributed by atoms with Gasteiger partial charge in [-0.25, -0.2) is 18.0 Å². The summed E-state index contributed by atoms with van der Waals surface area (Å²) >= 11 is 2.46. The van der Waals surface area contributed by atoms with E-state index in [1.54, 1.807) is 6.07 Å². The van der Waals surface area contributed by atoms with E-state index in [4.69, 9.17) is 4.74 Å². The minimum absolute atomic E-state index is 0.0118. The van der Waals surface area contributed by atoms with Gasteiger partial charge in [-0.05, 0) is 34.9 Å². The third kappa shape index (κ3) is 2.99. The molecule has 1 aliphatic rings. The van der Waals surface area contributed by atoms with Gasteiger partial charge in [0.1, 0.15) is 15.8 Å². The van der Waals surface area contributed by atoms with Gasteiger partial charge in [-0.15, -0.1) is 22.7 Å². The molecule has 1 aliphatic heterocycles. The molecule has 0 amide bonds. The lowest BCUT2D eigenvalue weighted by Gasteiger charge is -2.32. The van der Waals surface area contributed by atoms with Crippen molar-refractivity contribution in [3.05, 3.63) is 38.2 Å². The molecule has 3 heterocycles. The van der Waals surface area contributed by atoms with Crippen LogP contribution in [0.1, 0.15) is 26.2 Å². The van der Waals surface area contributed by atoms with Crippen molar-refractivity contribution < 1.29 is 27.5 Å². The number of methoxy groups -OCH3 is 2. The molecular weight excluding hydrogens is 386 g/mol.